The van der Waals surface area contributed by atoms with Crippen LogP contribution < -0.4 is 0 Å². The van der Waals surface area contributed by atoms with Gasteiger partial charge < -0.3 is 0 Å². The SMILES string of the molecule is CC(C)(C)c1cccc2cc(-c3ccccc3)nn12. The topological polar surface area (TPSA) is 17.3 Å². The van der Waals surface area contributed by atoms with Gasteiger partial charge in [0.1, 0.15) is 0 Å². The Balaban J connectivity index is 2.22. The summed E-state index contributed by atoms with van der Waals surface area (Å²) in [5, 5.41) is 4.77. The minimum atomic E-state index is 0.0828. The molecule has 0 amide bonds. The number of benzene rings is 1. The normalized spacial score (nSPS) is 11.9. The lowest BCUT2D eigenvalue weighted by Gasteiger charge is -2.19. The van der Waals surface area contributed by atoms with Crippen molar-refractivity contribution in [2.75, 3.05) is 0 Å². The molecule has 0 fully saturated rings. The second kappa shape index (κ2) is 4.23. The standard InChI is InChI=1S/C17H18N2/c1-17(2,3)16-11-7-10-14-12-15(18-19(14)16)13-8-5-4-6-9-13/h4-12H,1-3H3. The van der Waals surface area contributed by atoms with Gasteiger partial charge in [0.25, 0.3) is 0 Å². The van der Waals surface area contributed by atoms with Crippen LogP contribution in [-0.2, 0) is 5.41 Å². The van der Waals surface area contributed by atoms with Crippen molar-refractivity contribution in [3.63, 3.8) is 0 Å². The molecule has 0 aliphatic heterocycles. The fourth-order valence-corrected chi connectivity index (χ4v) is 2.33. The fraction of sp³-hybridized carbons (Fsp3) is 0.235. The van der Waals surface area contributed by atoms with Crippen molar-refractivity contribution >= 4 is 5.52 Å². The molecule has 0 spiro atoms. The van der Waals surface area contributed by atoms with E-state index in [1.165, 1.54) is 5.69 Å². The molecule has 0 N–H and O–H groups in total. The van der Waals surface area contributed by atoms with Crippen LogP contribution in [0.3, 0.4) is 0 Å². The summed E-state index contributed by atoms with van der Waals surface area (Å²) in [5.41, 5.74) is 4.64. The molecule has 0 atom stereocenters. The fourth-order valence-electron chi connectivity index (χ4n) is 2.33. The highest BCUT2D eigenvalue weighted by molar-refractivity contribution is 5.66. The van der Waals surface area contributed by atoms with Crippen molar-refractivity contribution in [3.05, 3.63) is 60.3 Å². The number of fused-ring (bicyclic) bond motifs is 1. The molecule has 2 nitrogen and oxygen atoms in total. The van der Waals surface area contributed by atoms with Gasteiger partial charge in [0.05, 0.1) is 11.2 Å². The van der Waals surface area contributed by atoms with Crippen molar-refractivity contribution < 1.29 is 0 Å². The van der Waals surface area contributed by atoms with Crippen molar-refractivity contribution in [2.24, 2.45) is 0 Å². The number of nitrogens with zero attached hydrogens (tertiary/aromatic N) is 2. The number of aromatic nitrogens is 2. The van der Waals surface area contributed by atoms with E-state index in [0.29, 0.717) is 0 Å². The number of hydrogen-bond donors (Lipinski definition) is 0. The Morgan fingerprint density at radius 1 is 0.895 bits per heavy atom. The Kier molecular flexibility index (Phi) is 2.67. The Hall–Kier alpha value is -2.09. The maximum Gasteiger partial charge on any atom is 0.0933 e. The third-order valence-electron chi connectivity index (χ3n) is 3.32. The summed E-state index contributed by atoms with van der Waals surface area (Å²) in [6.45, 7) is 6.64. The molecular weight excluding hydrogens is 232 g/mol. The van der Waals surface area contributed by atoms with E-state index in [-0.39, 0.29) is 5.41 Å². The lowest BCUT2D eigenvalue weighted by molar-refractivity contribution is 0.549. The summed E-state index contributed by atoms with van der Waals surface area (Å²) in [6, 6.07) is 18.8. The van der Waals surface area contributed by atoms with E-state index in [4.69, 9.17) is 5.10 Å². The van der Waals surface area contributed by atoms with Crippen LogP contribution >= 0.6 is 0 Å². The highest BCUT2D eigenvalue weighted by Crippen LogP contribution is 2.26. The third-order valence-corrected chi connectivity index (χ3v) is 3.32. The number of rotatable bonds is 1. The van der Waals surface area contributed by atoms with Gasteiger partial charge in [0, 0.05) is 16.7 Å². The minimum absolute atomic E-state index is 0.0828. The smallest absolute Gasteiger partial charge is 0.0933 e. The molecule has 96 valence electrons. The van der Waals surface area contributed by atoms with E-state index in [9.17, 15) is 0 Å². The van der Waals surface area contributed by atoms with Crippen LogP contribution in [0.25, 0.3) is 16.8 Å². The van der Waals surface area contributed by atoms with Gasteiger partial charge in [0.15, 0.2) is 0 Å². The van der Waals surface area contributed by atoms with Gasteiger partial charge in [-0.15, -0.1) is 0 Å². The van der Waals surface area contributed by atoms with E-state index in [1.807, 2.05) is 18.2 Å². The van der Waals surface area contributed by atoms with Gasteiger partial charge in [-0.25, -0.2) is 4.52 Å². The zero-order chi connectivity index (χ0) is 13.5. The van der Waals surface area contributed by atoms with Crippen LogP contribution in [0.1, 0.15) is 26.5 Å². The molecule has 1 aromatic carbocycles. The van der Waals surface area contributed by atoms with Crippen LogP contribution in [0.4, 0.5) is 0 Å². The predicted octanol–water partition coefficient (Wildman–Crippen LogP) is 4.30. The molecule has 0 bridgehead atoms. The molecule has 0 unspecified atom stereocenters. The molecule has 19 heavy (non-hydrogen) atoms. The molecule has 3 aromatic rings. The highest BCUT2D eigenvalue weighted by atomic mass is 15.2. The Morgan fingerprint density at radius 3 is 2.32 bits per heavy atom. The van der Waals surface area contributed by atoms with Crippen LogP contribution in [0.2, 0.25) is 0 Å². The van der Waals surface area contributed by atoms with E-state index in [0.717, 1.165) is 16.8 Å². The van der Waals surface area contributed by atoms with Crippen molar-refractivity contribution in [2.45, 2.75) is 26.2 Å². The summed E-state index contributed by atoms with van der Waals surface area (Å²) < 4.78 is 2.06. The molecule has 3 rings (SSSR count). The summed E-state index contributed by atoms with van der Waals surface area (Å²) in [7, 11) is 0. The summed E-state index contributed by atoms with van der Waals surface area (Å²) in [4.78, 5) is 0. The lowest BCUT2D eigenvalue weighted by atomic mass is 9.91. The zero-order valence-corrected chi connectivity index (χ0v) is 11.6. The lowest BCUT2D eigenvalue weighted by Crippen LogP contribution is -2.16. The van der Waals surface area contributed by atoms with Crippen molar-refractivity contribution in [3.8, 4) is 11.3 Å². The van der Waals surface area contributed by atoms with Gasteiger partial charge in [-0.05, 0) is 18.2 Å². The Labute approximate surface area is 113 Å². The largest absolute Gasteiger partial charge is 0.237 e. The van der Waals surface area contributed by atoms with Gasteiger partial charge in [-0.3, -0.25) is 0 Å². The molecule has 0 aliphatic rings. The first-order valence-corrected chi connectivity index (χ1v) is 6.60. The van der Waals surface area contributed by atoms with Crippen LogP contribution in [0.5, 0.6) is 0 Å². The van der Waals surface area contributed by atoms with E-state index >= 15 is 0 Å². The first kappa shape index (κ1) is 12.0. The summed E-state index contributed by atoms with van der Waals surface area (Å²) in [5.74, 6) is 0. The zero-order valence-electron chi connectivity index (χ0n) is 11.6. The molecule has 0 aliphatic carbocycles. The molecule has 2 heteroatoms. The summed E-state index contributed by atoms with van der Waals surface area (Å²) in [6.07, 6.45) is 0. The Bertz CT molecular complexity index is 703. The monoisotopic (exact) mass is 250 g/mol. The highest BCUT2D eigenvalue weighted by Gasteiger charge is 2.18. The van der Waals surface area contributed by atoms with Crippen molar-refractivity contribution in [1.82, 2.24) is 9.61 Å². The average molecular weight is 250 g/mol. The molecular formula is C17H18N2. The van der Waals surface area contributed by atoms with E-state index in [1.54, 1.807) is 0 Å². The summed E-state index contributed by atoms with van der Waals surface area (Å²) >= 11 is 0. The quantitative estimate of drug-likeness (QED) is 0.629. The maximum absolute atomic E-state index is 4.77. The maximum atomic E-state index is 4.77. The molecule has 0 radical (unpaired) electrons. The van der Waals surface area contributed by atoms with Gasteiger partial charge in [-0.1, -0.05) is 57.2 Å². The Morgan fingerprint density at radius 2 is 1.63 bits per heavy atom. The molecule has 2 aromatic heterocycles. The number of hydrogen-bond acceptors (Lipinski definition) is 1. The van der Waals surface area contributed by atoms with Gasteiger partial charge >= 0.3 is 0 Å². The van der Waals surface area contributed by atoms with Crippen molar-refractivity contribution in [1.29, 1.82) is 0 Å². The van der Waals surface area contributed by atoms with Gasteiger partial charge in [-0.2, -0.15) is 5.10 Å². The van der Waals surface area contributed by atoms with Gasteiger partial charge in [0.2, 0.25) is 0 Å². The van der Waals surface area contributed by atoms with Crippen LogP contribution in [0, 0.1) is 0 Å². The molecule has 2 heterocycles. The second-order valence-corrected chi connectivity index (χ2v) is 5.89. The predicted molar refractivity (Wildman–Crippen MR) is 79.3 cm³/mol. The van der Waals surface area contributed by atoms with Crippen LogP contribution in [-0.4, -0.2) is 9.61 Å². The van der Waals surface area contributed by atoms with Crippen LogP contribution in [0.15, 0.2) is 54.6 Å². The number of pyridine rings is 1. The molecule has 0 saturated carbocycles. The first-order valence-electron chi connectivity index (χ1n) is 6.60. The van der Waals surface area contributed by atoms with E-state index in [2.05, 4.69) is 61.7 Å². The first-order chi connectivity index (χ1) is 9.05. The molecule has 0 saturated heterocycles. The minimum Gasteiger partial charge on any atom is -0.237 e. The van der Waals surface area contributed by atoms with E-state index < -0.39 is 0 Å². The average Bonchev–Trinajstić information content (AvgIpc) is 2.82. The third kappa shape index (κ3) is 2.14. The second-order valence-electron chi connectivity index (χ2n) is 5.89.